The first kappa shape index (κ1) is 21.9. The summed E-state index contributed by atoms with van der Waals surface area (Å²) in [6.07, 6.45) is 6.83. The second-order valence-corrected chi connectivity index (χ2v) is 9.97. The molecule has 0 N–H and O–H groups in total. The molecule has 0 atom stereocenters. The zero-order chi connectivity index (χ0) is 20.7. The predicted molar refractivity (Wildman–Crippen MR) is 123 cm³/mol. The molecule has 0 aromatic heterocycles. The molecule has 2 aromatic rings. The average Bonchev–Trinajstić information content (AvgIpc) is 2.66. The van der Waals surface area contributed by atoms with Crippen molar-refractivity contribution >= 4 is 0 Å². The first-order valence-electron chi connectivity index (χ1n) is 11.5. The standard InChI is InChI=1S/C27H40NO/c1-23-14-13-17-25(27(2,3)4)26(23)29-21-20-28(18-11-6-5-7-12-19-28)22-24-15-9-8-10-16-24/h8-10,13-17H,5-7,11-12,18-22H2,1-4H3/q+1. The van der Waals surface area contributed by atoms with Gasteiger partial charge in [-0.2, -0.15) is 0 Å². The van der Waals surface area contributed by atoms with Crippen molar-refractivity contribution in [3.05, 3.63) is 65.2 Å². The average molecular weight is 395 g/mol. The topological polar surface area (TPSA) is 9.23 Å². The molecular weight excluding hydrogens is 354 g/mol. The number of benzene rings is 2. The van der Waals surface area contributed by atoms with Crippen LogP contribution in [0.25, 0.3) is 0 Å². The van der Waals surface area contributed by atoms with E-state index in [0.29, 0.717) is 0 Å². The van der Waals surface area contributed by atoms with E-state index in [0.717, 1.165) is 25.4 Å². The molecule has 1 heterocycles. The van der Waals surface area contributed by atoms with Crippen LogP contribution in [0.2, 0.25) is 0 Å². The van der Waals surface area contributed by atoms with E-state index in [1.54, 1.807) is 0 Å². The fourth-order valence-corrected chi connectivity index (χ4v) is 4.74. The Morgan fingerprint density at radius 1 is 0.828 bits per heavy atom. The monoisotopic (exact) mass is 394 g/mol. The van der Waals surface area contributed by atoms with Gasteiger partial charge in [0.2, 0.25) is 0 Å². The van der Waals surface area contributed by atoms with Gasteiger partial charge in [0.05, 0.1) is 13.1 Å². The van der Waals surface area contributed by atoms with Gasteiger partial charge in [-0.3, -0.25) is 0 Å². The van der Waals surface area contributed by atoms with Gasteiger partial charge in [-0.1, -0.05) is 75.7 Å². The highest BCUT2D eigenvalue weighted by atomic mass is 16.5. The molecule has 2 aromatic carbocycles. The summed E-state index contributed by atoms with van der Waals surface area (Å²) in [5.41, 5.74) is 4.12. The van der Waals surface area contributed by atoms with Crippen molar-refractivity contribution in [3.8, 4) is 5.75 Å². The molecule has 0 amide bonds. The van der Waals surface area contributed by atoms with Crippen LogP contribution in [0.4, 0.5) is 0 Å². The maximum Gasteiger partial charge on any atom is 0.137 e. The minimum Gasteiger partial charge on any atom is -0.487 e. The third kappa shape index (κ3) is 6.09. The molecular formula is C27H40NO+. The van der Waals surface area contributed by atoms with Gasteiger partial charge in [0.25, 0.3) is 0 Å². The summed E-state index contributed by atoms with van der Waals surface area (Å²) in [5.74, 6) is 1.10. The molecule has 1 aliphatic rings. The van der Waals surface area contributed by atoms with Gasteiger partial charge >= 0.3 is 0 Å². The Morgan fingerprint density at radius 3 is 2.14 bits per heavy atom. The van der Waals surface area contributed by atoms with Gasteiger partial charge in [0, 0.05) is 5.56 Å². The molecule has 29 heavy (non-hydrogen) atoms. The molecule has 1 aliphatic heterocycles. The third-order valence-corrected chi connectivity index (χ3v) is 6.46. The number of aryl methyl sites for hydroxylation is 1. The van der Waals surface area contributed by atoms with Crippen molar-refractivity contribution in [1.29, 1.82) is 0 Å². The summed E-state index contributed by atoms with van der Waals surface area (Å²) in [6, 6.07) is 17.6. The summed E-state index contributed by atoms with van der Waals surface area (Å²) in [7, 11) is 0. The Kier molecular flexibility index (Phi) is 7.40. The van der Waals surface area contributed by atoms with Crippen molar-refractivity contribution in [1.82, 2.24) is 0 Å². The van der Waals surface area contributed by atoms with E-state index < -0.39 is 0 Å². The molecule has 0 bridgehead atoms. The molecule has 0 radical (unpaired) electrons. The Bertz CT molecular complexity index is 752. The fourth-order valence-electron chi connectivity index (χ4n) is 4.74. The molecule has 3 rings (SSSR count). The van der Waals surface area contributed by atoms with Crippen LogP contribution in [0.3, 0.4) is 0 Å². The Labute approximate surface area is 178 Å². The van der Waals surface area contributed by atoms with E-state index in [9.17, 15) is 0 Å². The Balaban J connectivity index is 1.75. The highest BCUT2D eigenvalue weighted by molar-refractivity contribution is 5.44. The molecule has 2 nitrogen and oxygen atoms in total. The van der Waals surface area contributed by atoms with Crippen molar-refractivity contribution in [2.24, 2.45) is 0 Å². The van der Waals surface area contributed by atoms with Gasteiger partial charge in [-0.05, 0) is 49.1 Å². The quantitative estimate of drug-likeness (QED) is 0.498. The number of ether oxygens (including phenoxy) is 1. The molecule has 0 aliphatic carbocycles. The zero-order valence-corrected chi connectivity index (χ0v) is 19.0. The van der Waals surface area contributed by atoms with Crippen LogP contribution >= 0.6 is 0 Å². The highest BCUT2D eigenvalue weighted by Gasteiger charge is 2.29. The van der Waals surface area contributed by atoms with Crippen LogP contribution in [-0.4, -0.2) is 30.7 Å². The largest absolute Gasteiger partial charge is 0.487 e. The summed E-state index contributed by atoms with van der Waals surface area (Å²) < 4.78 is 7.68. The third-order valence-electron chi connectivity index (χ3n) is 6.46. The number of para-hydroxylation sites is 1. The fraction of sp³-hybridized carbons (Fsp3) is 0.556. The second-order valence-electron chi connectivity index (χ2n) is 9.97. The van der Waals surface area contributed by atoms with Gasteiger partial charge < -0.3 is 9.22 Å². The normalized spacial score (nSPS) is 17.4. The molecule has 158 valence electrons. The maximum atomic E-state index is 6.52. The lowest BCUT2D eigenvalue weighted by Crippen LogP contribution is -2.51. The van der Waals surface area contributed by atoms with Crippen molar-refractivity contribution in [2.75, 3.05) is 26.2 Å². The second kappa shape index (κ2) is 9.80. The van der Waals surface area contributed by atoms with Gasteiger partial charge in [0.15, 0.2) is 0 Å². The minimum atomic E-state index is 0.0954. The van der Waals surface area contributed by atoms with Gasteiger partial charge in [-0.15, -0.1) is 0 Å². The minimum absolute atomic E-state index is 0.0954. The summed E-state index contributed by atoms with van der Waals surface area (Å²) in [5, 5.41) is 0. The molecule has 0 spiro atoms. The number of hydrogen-bond acceptors (Lipinski definition) is 1. The van der Waals surface area contributed by atoms with E-state index >= 15 is 0 Å². The smallest absolute Gasteiger partial charge is 0.137 e. The van der Waals surface area contributed by atoms with E-state index in [2.05, 4.69) is 76.2 Å². The van der Waals surface area contributed by atoms with E-state index in [4.69, 9.17) is 4.74 Å². The molecule has 1 saturated heterocycles. The Morgan fingerprint density at radius 2 is 1.48 bits per heavy atom. The predicted octanol–water partition coefficient (Wildman–Crippen LogP) is 6.65. The maximum absolute atomic E-state index is 6.52. The van der Waals surface area contributed by atoms with E-state index in [1.165, 1.54) is 66.4 Å². The number of rotatable bonds is 6. The number of quaternary nitrogens is 1. The van der Waals surface area contributed by atoms with E-state index in [1.807, 2.05) is 0 Å². The van der Waals surface area contributed by atoms with Crippen molar-refractivity contribution in [2.45, 2.75) is 71.8 Å². The van der Waals surface area contributed by atoms with Crippen LogP contribution in [-0.2, 0) is 12.0 Å². The lowest BCUT2D eigenvalue weighted by atomic mass is 9.85. The molecule has 0 unspecified atom stereocenters. The van der Waals surface area contributed by atoms with Crippen LogP contribution in [0.5, 0.6) is 5.75 Å². The molecule has 1 fully saturated rings. The number of hydrogen-bond donors (Lipinski definition) is 0. The van der Waals surface area contributed by atoms with E-state index in [-0.39, 0.29) is 5.41 Å². The van der Waals surface area contributed by atoms with Crippen LogP contribution in [0.15, 0.2) is 48.5 Å². The van der Waals surface area contributed by atoms with Crippen LogP contribution < -0.4 is 4.74 Å². The lowest BCUT2D eigenvalue weighted by Gasteiger charge is -2.40. The molecule has 2 heteroatoms. The summed E-state index contributed by atoms with van der Waals surface area (Å²) in [4.78, 5) is 0. The summed E-state index contributed by atoms with van der Waals surface area (Å²) >= 11 is 0. The SMILES string of the molecule is Cc1cccc(C(C)(C)C)c1OCC[N+]1(Cc2ccccc2)CCCCCCC1. The number of likely N-dealkylation sites (tertiary alicyclic amines) is 1. The molecule has 0 saturated carbocycles. The van der Waals surface area contributed by atoms with Gasteiger partial charge in [-0.25, -0.2) is 0 Å². The number of nitrogens with zero attached hydrogens (tertiary/aromatic N) is 1. The highest BCUT2D eigenvalue weighted by Crippen LogP contribution is 2.34. The van der Waals surface area contributed by atoms with Crippen molar-refractivity contribution in [3.63, 3.8) is 0 Å². The Hall–Kier alpha value is -1.80. The van der Waals surface area contributed by atoms with Gasteiger partial charge in [0.1, 0.15) is 25.4 Å². The zero-order valence-electron chi connectivity index (χ0n) is 19.0. The lowest BCUT2D eigenvalue weighted by molar-refractivity contribution is -0.941. The summed E-state index contributed by atoms with van der Waals surface area (Å²) in [6.45, 7) is 14.6. The first-order chi connectivity index (χ1) is 13.9. The van der Waals surface area contributed by atoms with Crippen LogP contribution in [0.1, 0.15) is 69.6 Å². The first-order valence-corrected chi connectivity index (χ1v) is 11.5. The van der Waals surface area contributed by atoms with Crippen molar-refractivity contribution < 1.29 is 9.22 Å². The van der Waals surface area contributed by atoms with Crippen LogP contribution in [0, 0.1) is 6.92 Å².